The van der Waals surface area contributed by atoms with Crippen LogP contribution in [0.3, 0.4) is 0 Å². The van der Waals surface area contributed by atoms with Crippen LogP contribution in [-0.2, 0) is 7.05 Å². The Morgan fingerprint density at radius 1 is 1.19 bits per heavy atom. The van der Waals surface area contributed by atoms with Crippen molar-refractivity contribution >= 4 is 23.2 Å². The highest BCUT2D eigenvalue weighted by atomic mass is 35.5. The Morgan fingerprint density at radius 2 is 1.94 bits per heavy atom. The van der Waals surface area contributed by atoms with E-state index in [1.54, 1.807) is 32.3 Å². The predicted molar refractivity (Wildman–Crippen MR) is 122 cm³/mol. The lowest BCUT2D eigenvalue weighted by Crippen LogP contribution is -2.33. The number of carbonyl (C=O) groups excluding carboxylic acids is 1. The van der Waals surface area contributed by atoms with Crippen LogP contribution in [0.15, 0.2) is 48.8 Å². The highest BCUT2D eigenvalue weighted by Gasteiger charge is 2.32. The Kier molecular flexibility index (Phi) is 5.00. The molecule has 0 unspecified atom stereocenters. The number of hydrogen-bond acceptors (Lipinski definition) is 5. The number of amides is 1. The van der Waals surface area contributed by atoms with Crippen molar-refractivity contribution in [1.29, 1.82) is 0 Å². The highest BCUT2D eigenvalue weighted by molar-refractivity contribution is 6.32. The molecule has 1 fully saturated rings. The summed E-state index contributed by atoms with van der Waals surface area (Å²) < 4.78 is 3.54. The summed E-state index contributed by atoms with van der Waals surface area (Å²) in [4.78, 5) is 19.2. The van der Waals surface area contributed by atoms with Gasteiger partial charge in [-0.2, -0.15) is 5.10 Å². The van der Waals surface area contributed by atoms with Gasteiger partial charge in [-0.3, -0.25) is 13.9 Å². The number of fused-ring (bicyclic) bond motifs is 1. The largest absolute Gasteiger partial charge is 0.390 e. The van der Waals surface area contributed by atoms with E-state index in [1.165, 1.54) is 0 Å². The van der Waals surface area contributed by atoms with Crippen LogP contribution in [0.1, 0.15) is 16.1 Å². The van der Waals surface area contributed by atoms with E-state index in [9.17, 15) is 9.90 Å². The molecule has 4 aromatic rings. The van der Waals surface area contributed by atoms with Gasteiger partial charge < -0.3 is 15.7 Å². The lowest BCUT2D eigenvalue weighted by molar-refractivity contribution is 0.0765. The van der Waals surface area contributed by atoms with E-state index in [4.69, 9.17) is 22.3 Å². The van der Waals surface area contributed by atoms with Gasteiger partial charge in [-0.25, -0.2) is 4.98 Å². The number of aliphatic hydroxyl groups excluding tert-OH is 1. The summed E-state index contributed by atoms with van der Waals surface area (Å²) in [5.41, 5.74) is 11.3. The molecule has 0 saturated carbocycles. The van der Waals surface area contributed by atoms with Gasteiger partial charge in [-0.1, -0.05) is 35.9 Å². The smallest absolute Gasteiger partial charge is 0.254 e. The van der Waals surface area contributed by atoms with E-state index in [1.807, 2.05) is 44.4 Å². The molecule has 164 valence electrons. The van der Waals surface area contributed by atoms with E-state index in [0.29, 0.717) is 28.6 Å². The molecule has 3 N–H and O–H groups in total. The summed E-state index contributed by atoms with van der Waals surface area (Å²) in [6.07, 6.45) is 3.01. The molecule has 0 bridgehead atoms. The number of aliphatic hydroxyl groups is 1. The topological polar surface area (TPSA) is 102 Å². The Labute approximate surface area is 189 Å². The molecule has 0 aliphatic carbocycles. The van der Waals surface area contributed by atoms with Crippen LogP contribution in [0.2, 0.25) is 5.15 Å². The first-order chi connectivity index (χ1) is 15.3. The number of imidazole rings is 1. The minimum atomic E-state index is -0.706. The van der Waals surface area contributed by atoms with E-state index >= 15 is 0 Å². The molecule has 3 aromatic heterocycles. The maximum absolute atomic E-state index is 12.9. The van der Waals surface area contributed by atoms with Crippen molar-refractivity contribution in [3.63, 3.8) is 0 Å². The molecule has 32 heavy (non-hydrogen) atoms. The second-order valence-corrected chi connectivity index (χ2v) is 8.54. The van der Waals surface area contributed by atoms with Gasteiger partial charge in [0.1, 0.15) is 16.5 Å². The summed E-state index contributed by atoms with van der Waals surface area (Å²) in [5, 5.41) is 14.8. The van der Waals surface area contributed by atoms with Crippen LogP contribution in [0.25, 0.3) is 28.0 Å². The van der Waals surface area contributed by atoms with E-state index in [-0.39, 0.29) is 12.5 Å². The zero-order valence-corrected chi connectivity index (χ0v) is 18.5. The number of likely N-dealkylation sites (tertiary alicyclic amines) is 1. The Hall–Kier alpha value is -3.20. The van der Waals surface area contributed by atoms with Crippen molar-refractivity contribution in [3.8, 4) is 22.4 Å². The van der Waals surface area contributed by atoms with Crippen LogP contribution in [0.4, 0.5) is 0 Å². The maximum Gasteiger partial charge on any atom is 0.254 e. The van der Waals surface area contributed by atoms with Crippen LogP contribution in [0.5, 0.6) is 0 Å². The fourth-order valence-electron chi connectivity index (χ4n) is 4.27. The van der Waals surface area contributed by atoms with Gasteiger partial charge in [-0.05, 0) is 24.6 Å². The molecular weight excluding hydrogens is 428 g/mol. The highest BCUT2D eigenvalue weighted by Crippen LogP contribution is 2.37. The van der Waals surface area contributed by atoms with Crippen LogP contribution in [0, 0.1) is 6.92 Å². The van der Waals surface area contributed by atoms with Crippen molar-refractivity contribution in [3.05, 3.63) is 65.2 Å². The molecule has 1 aliphatic heterocycles. The van der Waals surface area contributed by atoms with Crippen LogP contribution >= 0.6 is 11.6 Å². The molecule has 1 aromatic carbocycles. The number of aryl methyl sites for hydroxylation is 2. The number of pyridine rings is 1. The standard InChI is InChI=1S/C23H23ClN6O2/c1-13-17(10-28(2)27-13)15-5-3-4-6-16(15)21-22(24)30-8-7-14(9-20(30)26-21)23(32)29-11-18(25)19(31)12-29/h3-10,18-19,31H,11-12,25H2,1-2H3/t18-,19-/m0/s1. The first kappa shape index (κ1) is 20.7. The van der Waals surface area contributed by atoms with Crippen molar-refractivity contribution in [2.75, 3.05) is 13.1 Å². The minimum absolute atomic E-state index is 0.188. The number of β-amino-alcohol motifs (C(OH)–C–C–N with tert-alkyl or cyclic N) is 1. The molecule has 1 amide bonds. The number of nitrogens with two attached hydrogens (primary N) is 1. The Balaban J connectivity index is 1.57. The van der Waals surface area contributed by atoms with Crippen molar-refractivity contribution < 1.29 is 9.90 Å². The fourth-order valence-corrected chi connectivity index (χ4v) is 4.56. The Morgan fingerprint density at radius 3 is 2.59 bits per heavy atom. The second kappa shape index (κ2) is 7.74. The summed E-state index contributed by atoms with van der Waals surface area (Å²) >= 11 is 6.73. The SMILES string of the molecule is Cc1nn(C)cc1-c1ccccc1-c1nc2cc(C(=O)N3C[C@H](N)[C@@H](O)C3)ccn2c1Cl. The predicted octanol–water partition coefficient (Wildman–Crippen LogP) is 2.51. The molecule has 2 atom stereocenters. The molecule has 1 aliphatic rings. The zero-order chi connectivity index (χ0) is 22.6. The van der Waals surface area contributed by atoms with Crippen LogP contribution < -0.4 is 5.73 Å². The first-order valence-electron chi connectivity index (χ1n) is 10.3. The number of hydrogen-bond donors (Lipinski definition) is 2. The summed E-state index contributed by atoms with van der Waals surface area (Å²) in [6.45, 7) is 2.52. The molecule has 4 heterocycles. The van der Waals surface area contributed by atoms with Gasteiger partial charge in [0, 0.05) is 55.3 Å². The van der Waals surface area contributed by atoms with Gasteiger partial charge in [-0.15, -0.1) is 0 Å². The van der Waals surface area contributed by atoms with E-state index < -0.39 is 12.1 Å². The van der Waals surface area contributed by atoms with Gasteiger partial charge in [0.15, 0.2) is 0 Å². The Bertz CT molecular complexity index is 1330. The maximum atomic E-state index is 12.9. The zero-order valence-electron chi connectivity index (χ0n) is 17.7. The number of aromatic nitrogens is 4. The van der Waals surface area contributed by atoms with Gasteiger partial charge in [0.05, 0.1) is 11.8 Å². The summed E-state index contributed by atoms with van der Waals surface area (Å²) in [5.74, 6) is -0.188. The average molecular weight is 451 g/mol. The molecule has 0 spiro atoms. The molecule has 9 heteroatoms. The summed E-state index contributed by atoms with van der Waals surface area (Å²) in [6, 6.07) is 10.9. The minimum Gasteiger partial charge on any atom is -0.390 e. The number of halogens is 1. The second-order valence-electron chi connectivity index (χ2n) is 8.18. The number of rotatable bonds is 3. The molecule has 5 rings (SSSR count). The van der Waals surface area contributed by atoms with E-state index in [0.717, 1.165) is 22.4 Å². The number of nitrogens with zero attached hydrogens (tertiary/aromatic N) is 5. The van der Waals surface area contributed by atoms with Gasteiger partial charge in [0.25, 0.3) is 5.91 Å². The number of benzene rings is 1. The lowest BCUT2D eigenvalue weighted by atomic mass is 9.99. The van der Waals surface area contributed by atoms with Crippen molar-refractivity contribution in [2.24, 2.45) is 12.8 Å². The third-order valence-electron chi connectivity index (χ3n) is 5.92. The third kappa shape index (κ3) is 3.37. The van der Waals surface area contributed by atoms with E-state index in [2.05, 4.69) is 5.10 Å². The summed E-state index contributed by atoms with van der Waals surface area (Å²) in [7, 11) is 1.89. The van der Waals surface area contributed by atoms with Gasteiger partial charge >= 0.3 is 0 Å². The first-order valence-corrected chi connectivity index (χ1v) is 10.7. The third-order valence-corrected chi connectivity index (χ3v) is 6.28. The number of carbonyl (C=O) groups is 1. The quantitative estimate of drug-likeness (QED) is 0.499. The molecule has 8 nitrogen and oxygen atoms in total. The van der Waals surface area contributed by atoms with Crippen molar-refractivity contribution in [1.82, 2.24) is 24.1 Å². The average Bonchev–Trinajstić information content (AvgIpc) is 3.41. The molecule has 1 saturated heterocycles. The monoisotopic (exact) mass is 450 g/mol. The molecular formula is C23H23ClN6O2. The fraction of sp³-hybridized carbons (Fsp3) is 0.261. The molecule has 0 radical (unpaired) electrons. The normalized spacial score (nSPS) is 18.6. The lowest BCUT2D eigenvalue weighted by Gasteiger charge is -2.15. The van der Waals surface area contributed by atoms with Crippen molar-refractivity contribution in [2.45, 2.75) is 19.1 Å². The van der Waals surface area contributed by atoms with Gasteiger partial charge in [0.2, 0.25) is 0 Å². The van der Waals surface area contributed by atoms with Crippen LogP contribution in [-0.4, -0.2) is 60.3 Å².